The first-order chi connectivity index (χ1) is 12.4. The molecule has 130 valence electrons. The maximum Gasteiger partial charge on any atom is 0.336 e. The molecule has 8 heteroatoms. The lowest BCUT2D eigenvalue weighted by Crippen LogP contribution is -2.21. The number of nitrogens with one attached hydrogen (secondary N) is 1. The summed E-state index contributed by atoms with van der Waals surface area (Å²) in [5, 5.41) is 13.2. The molecule has 2 heterocycles. The van der Waals surface area contributed by atoms with E-state index in [4.69, 9.17) is 23.2 Å². The fourth-order valence-corrected chi connectivity index (χ4v) is 3.61. The van der Waals surface area contributed by atoms with Gasteiger partial charge in [0.05, 0.1) is 22.7 Å². The lowest BCUT2D eigenvalue weighted by Gasteiger charge is -2.16. The van der Waals surface area contributed by atoms with Gasteiger partial charge in [0.15, 0.2) is 0 Å². The van der Waals surface area contributed by atoms with Gasteiger partial charge in [-0.05, 0) is 36.4 Å². The number of pyridine rings is 1. The van der Waals surface area contributed by atoms with Crippen LogP contribution < -0.4 is 5.32 Å². The molecule has 1 aromatic heterocycles. The van der Waals surface area contributed by atoms with Crippen LogP contribution in [0.25, 0.3) is 10.9 Å². The number of rotatable bonds is 2. The highest BCUT2D eigenvalue weighted by Crippen LogP contribution is 2.40. The van der Waals surface area contributed by atoms with Crippen molar-refractivity contribution in [3.63, 3.8) is 0 Å². The standard InChI is InChI=1S/C18H9Cl2FN2O3/c19-11-3-1-7(21)5-9(11)16-14-10(18(25)26)6-12-8(2-4-13(20)22-12)15(14)17(24)23-16/h1-6,16H,(H,23,24)(H,25,26). The van der Waals surface area contributed by atoms with Gasteiger partial charge >= 0.3 is 5.97 Å². The second-order valence-electron chi connectivity index (χ2n) is 5.79. The molecule has 1 aliphatic heterocycles. The first-order valence-electron chi connectivity index (χ1n) is 7.49. The van der Waals surface area contributed by atoms with Crippen LogP contribution in [0.1, 0.15) is 37.9 Å². The molecule has 2 aromatic carbocycles. The maximum atomic E-state index is 13.7. The Hall–Kier alpha value is -2.70. The van der Waals surface area contributed by atoms with Gasteiger partial charge in [0.1, 0.15) is 11.0 Å². The number of aromatic carboxylic acids is 1. The van der Waals surface area contributed by atoms with E-state index in [0.717, 1.165) is 0 Å². The molecule has 4 rings (SSSR count). The Balaban J connectivity index is 2.08. The lowest BCUT2D eigenvalue weighted by atomic mass is 9.91. The van der Waals surface area contributed by atoms with Crippen LogP contribution in [0.2, 0.25) is 10.2 Å². The van der Waals surface area contributed by atoms with Crippen LogP contribution in [0, 0.1) is 5.82 Å². The van der Waals surface area contributed by atoms with Gasteiger partial charge in [0.2, 0.25) is 0 Å². The molecule has 3 aromatic rings. The second-order valence-corrected chi connectivity index (χ2v) is 6.59. The Bertz CT molecular complexity index is 1120. The van der Waals surface area contributed by atoms with Crippen molar-refractivity contribution in [1.29, 1.82) is 0 Å². The number of amides is 1. The van der Waals surface area contributed by atoms with E-state index in [0.29, 0.717) is 5.39 Å². The Labute approximate surface area is 156 Å². The van der Waals surface area contributed by atoms with Crippen molar-refractivity contribution < 1.29 is 19.1 Å². The average molecular weight is 391 g/mol. The number of carboxylic acid groups (broad SMARTS) is 1. The first kappa shape index (κ1) is 16.8. The second kappa shape index (κ2) is 5.93. The molecule has 0 saturated carbocycles. The molecule has 0 bridgehead atoms. The SMILES string of the molecule is O=C(O)c1cc2nc(Cl)ccc2c2c1C(c1cc(F)ccc1Cl)NC2=O. The van der Waals surface area contributed by atoms with Crippen molar-refractivity contribution in [2.45, 2.75) is 6.04 Å². The van der Waals surface area contributed by atoms with Gasteiger partial charge in [0, 0.05) is 21.5 Å². The molecule has 0 saturated heterocycles. The monoisotopic (exact) mass is 390 g/mol. The van der Waals surface area contributed by atoms with Gasteiger partial charge in [-0.3, -0.25) is 4.79 Å². The number of carboxylic acids is 1. The molecule has 0 radical (unpaired) electrons. The fraction of sp³-hybridized carbons (Fsp3) is 0.0556. The number of halogens is 3. The van der Waals surface area contributed by atoms with Crippen molar-refractivity contribution in [2.24, 2.45) is 0 Å². The Morgan fingerprint density at radius 2 is 1.96 bits per heavy atom. The van der Waals surface area contributed by atoms with Crippen LogP contribution in [-0.2, 0) is 0 Å². The number of benzene rings is 2. The normalized spacial score (nSPS) is 15.8. The summed E-state index contributed by atoms with van der Waals surface area (Å²) in [6, 6.07) is 7.31. The van der Waals surface area contributed by atoms with Crippen LogP contribution >= 0.6 is 23.2 Å². The number of fused-ring (bicyclic) bond motifs is 3. The molecule has 1 aliphatic rings. The molecule has 1 unspecified atom stereocenters. The summed E-state index contributed by atoms with van der Waals surface area (Å²) in [5.74, 6) is -2.26. The van der Waals surface area contributed by atoms with Crippen molar-refractivity contribution in [3.8, 4) is 0 Å². The molecule has 0 aliphatic carbocycles. The minimum absolute atomic E-state index is 0.119. The van der Waals surface area contributed by atoms with Crippen LogP contribution in [0.5, 0.6) is 0 Å². The minimum atomic E-state index is -1.24. The number of nitrogens with zero attached hydrogens (tertiary/aromatic N) is 1. The van der Waals surface area contributed by atoms with Crippen molar-refractivity contribution in [3.05, 3.63) is 74.6 Å². The van der Waals surface area contributed by atoms with E-state index in [1.54, 1.807) is 6.07 Å². The summed E-state index contributed by atoms with van der Waals surface area (Å²) in [7, 11) is 0. The molecule has 1 amide bonds. The molecular formula is C18H9Cl2FN2O3. The maximum absolute atomic E-state index is 13.7. The molecule has 5 nitrogen and oxygen atoms in total. The van der Waals surface area contributed by atoms with Gasteiger partial charge in [-0.2, -0.15) is 0 Å². The van der Waals surface area contributed by atoms with Crippen LogP contribution in [0.15, 0.2) is 36.4 Å². The predicted molar refractivity (Wildman–Crippen MR) is 94.4 cm³/mol. The van der Waals surface area contributed by atoms with Gasteiger partial charge in [0.25, 0.3) is 5.91 Å². The summed E-state index contributed by atoms with van der Waals surface area (Å²) >= 11 is 12.0. The van der Waals surface area contributed by atoms with E-state index in [-0.39, 0.29) is 37.9 Å². The molecule has 2 N–H and O–H groups in total. The summed E-state index contributed by atoms with van der Waals surface area (Å²) in [5.41, 5.74) is 0.851. The number of carbonyl (C=O) groups excluding carboxylic acids is 1. The third-order valence-electron chi connectivity index (χ3n) is 4.29. The smallest absolute Gasteiger partial charge is 0.336 e. The van der Waals surface area contributed by atoms with Crippen molar-refractivity contribution in [2.75, 3.05) is 0 Å². The van der Waals surface area contributed by atoms with Gasteiger partial charge in [-0.15, -0.1) is 0 Å². The summed E-state index contributed by atoms with van der Waals surface area (Å²) in [6.07, 6.45) is 0. The summed E-state index contributed by atoms with van der Waals surface area (Å²) < 4.78 is 13.7. The topological polar surface area (TPSA) is 79.3 Å². The zero-order valence-electron chi connectivity index (χ0n) is 12.9. The van der Waals surface area contributed by atoms with Gasteiger partial charge in [-0.25, -0.2) is 14.2 Å². The third kappa shape index (κ3) is 2.50. The van der Waals surface area contributed by atoms with Crippen molar-refractivity contribution >= 4 is 46.0 Å². The first-order valence-corrected chi connectivity index (χ1v) is 8.24. The minimum Gasteiger partial charge on any atom is -0.478 e. The third-order valence-corrected chi connectivity index (χ3v) is 4.85. The van der Waals surface area contributed by atoms with E-state index < -0.39 is 23.7 Å². The number of aromatic nitrogens is 1. The van der Waals surface area contributed by atoms with Gasteiger partial charge in [-0.1, -0.05) is 23.2 Å². The highest BCUT2D eigenvalue weighted by atomic mass is 35.5. The van der Waals surface area contributed by atoms with Crippen LogP contribution in [-0.4, -0.2) is 22.0 Å². The van der Waals surface area contributed by atoms with Crippen LogP contribution in [0.4, 0.5) is 4.39 Å². The van der Waals surface area contributed by atoms with E-state index in [9.17, 15) is 19.1 Å². The van der Waals surface area contributed by atoms with E-state index >= 15 is 0 Å². The summed E-state index contributed by atoms with van der Waals surface area (Å²) in [4.78, 5) is 28.5. The van der Waals surface area contributed by atoms with Crippen LogP contribution in [0.3, 0.4) is 0 Å². The van der Waals surface area contributed by atoms with E-state index in [1.807, 2.05) is 0 Å². The Morgan fingerprint density at radius 1 is 1.19 bits per heavy atom. The predicted octanol–water partition coefficient (Wildman–Crippen LogP) is 4.21. The molecule has 0 spiro atoms. The molecule has 0 fully saturated rings. The van der Waals surface area contributed by atoms with Gasteiger partial charge < -0.3 is 10.4 Å². The Morgan fingerprint density at radius 3 is 2.69 bits per heavy atom. The molecule has 1 atom stereocenters. The number of hydrogen-bond acceptors (Lipinski definition) is 3. The molecule has 26 heavy (non-hydrogen) atoms. The summed E-state index contributed by atoms with van der Waals surface area (Å²) in [6.45, 7) is 0. The Kier molecular flexibility index (Phi) is 3.82. The highest BCUT2D eigenvalue weighted by Gasteiger charge is 2.37. The van der Waals surface area contributed by atoms with E-state index in [2.05, 4.69) is 10.3 Å². The zero-order valence-corrected chi connectivity index (χ0v) is 14.4. The number of carbonyl (C=O) groups is 2. The van der Waals surface area contributed by atoms with E-state index in [1.165, 1.54) is 30.3 Å². The quantitative estimate of drug-likeness (QED) is 0.642. The number of hydrogen-bond donors (Lipinski definition) is 2. The zero-order chi connectivity index (χ0) is 18.6. The highest BCUT2D eigenvalue weighted by molar-refractivity contribution is 6.31. The largest absolute Gasteiger partial charge is 0.478 e. The van der Waals surface area contributed by atoms with Crippen molar-refractivity contribution in [1.82, 2.24) is 10.3 Å². The fourth-order valence-electron chi connectivity index (χ4n) is 3.23. The molecular weight excluding hydrogens is 382 g/mol. The lowest BCUT2D eigenvalue weighted by molar-refractivity contribution is 0.0695. The average Bonchev–Trinajstić information content (AvgIpc) is 2.93.